The molecule has 1 N–H and O–H groups in total. The summed E-state index contributed by atoms with van der Waals surface area (Å²) in [5.41, 5.74) is 0.240. The van der Waals surface area contributed by atoms with Gasteiger partial charge >= 0.3 is 6.01 Å². The summed E-state index contributed by atoms with van der Waals surface area (Å²) in [6.45, 7) is 5.43. The quantitative estimate of drug-likeness (QED) is 0.931. The Hall–Kier alpha value is -2.37. The molecular formula is C14H17N3O3. The molecule has 2 aromatic rings. The van der Waals surface area contributed by atoms with E-state index in [4.69, 9.17) is 9.15 Å². The molecule has 0 atom stereocenters. The molecule has 1 aromatic carbocycles. The lowest BCUT2D eigenvalue weighted by atomic mass is 9.96. The van der Waals surface area contributed by atoms with Gasteiger partial charge in [0, 0.05) is 11.0 Å². The monoisotopic (exact) mass is 275 g/mol. The largest absolute Gasteiger partial charge is 0.497 e. The van der Waals surface area contributed by atoms with Crippen LogP contribution in [-0.4, -0.2) is 23.2 Å². The summed E-state index contributed by atoms with van der Waals surface area (Å²) in [5, 5.41) is 10.3. The van der Waals surface area contributed by atoms with Crippen molar-refractivity contribution in [3.05, 3.63) is 24.3 Å². The van der Waals surface area contributed by atoms with Gasteiger partial charge in [-0.15, -0.1) is 5.10 Å². The zero-order valence-corrected chi connectivity index (χ0v) is 11.9. The Morgan fingerprint density at radius 3 is 2.40 bits per heavy atom. The van der Waals surface area contributed by atoms with E-state index in [1.807, 2.05) is 32.9 Å². The highest BCUT2D eigenvalue weighted by atomic mass is 16.5. The molecule has 0 unspecified atom stereocenters. The third-order valence-corrected chi connectivity index (χ3v) is 2.66. The van der Waals surface area contributed by atoms with Crippen LogP contribution >= 0.6 is 0 Å². The van der Waals surface area contributed by atoms with E-state index in [0.717, 1.165) is 11.3 Å². The average Bonchev–Trinajstić information content (AvgIpc) is 2.86. The normalized spacial score (nSPS) is 11.2. The van der Waals surface area contributed by atoms with Crippen molar-refractivity contribution in [2.75, 3.05) is 12.4 Å². The number of amides is 1. The Morgan fingerprint density at radius 1 is 1.20 bits per heavy atom. The summed E-state index contributed by atoms with van der Waals surface area (Å²) in [7, 11) is 1.60. The van der Waals surface area contributed by atoms with E-state index in [-0.39, 0.29) is 11.9 Å². The van der Waals surface area contributed by atoms with Crippen LogP contribution in [0, 0.1) is 5.41 Å². The number of nitrogens with one attached hydrogen (secondary N) is 1. The van der Waals surface area contributed by atoms with Crippen molar-refractivity contribution in [2.45, 2.75) is 20.8 Å². The van der Waals surface area contributed by atoms with Gasteiger partial charge in [-0.2, -0.15) is 0 Å². The fourth-order valence-electron chi connectivity index (χ4n) is 1.41. The number of aromatic nitrogens is 2. The van der Waals surface area contributed by atoms with Gasteiger partial charge < -0.3 is 9.15 Å². The number of ether oxygens (including phenoxy) is 1. The second-order valence-corrected chi connectivity index (χ2v) is 5.34. The standard InChI is InChI=1S/C14H17N3O3/c1-14(2,3)12(18)15-13-17-16-11(20-13)9-5-7-10(19-4)8-6-9/h5-8H,1-4H3,(H,15,17,18). The van der Waals surface area contributed by atoms with E-state index in [9.17, 15) is 4.79 Å². The third kappa shape index (κ3) is 3.14. The van der Waals surface area contributed by atoms with Crippen LogP contribution < -0.4 is 10.1 Å². The van der Waals surface area contributed by atoms with E-state index < -0.39 is 5.41 Å². The highest BCUT2D eigenvalue weighted by Crippen LogP contribution is 2.23. The SMILES string of the molecule is COc1ccc(-c2nnc(NC(=O)C(C)(C)C)o2)cc1. The van der Waals surface area contributed by atoms with E-state index in [0.29, 0.717) is 5.89 Å². The van der Waals surface area contributed by atoms with E-state index >= 15 is 0 Å². The van der Waals surface area contributed by atoms with Gasteiger partial charge in [-0.25, -0.2) is 0 Å². The van der Waals surface area contributed by atoms with Gasteiger partial charge in [-0.3, -0.25) is 10.1 Å². The summed E-state index contributed by atoms with van der Waals surface area (Å²) in [6.07, 6.45) is 0. The summed E-state index contributed by atoms with van der Waals surface area (Å²) >= 11 is 0. The number of benzene rings is 1. The number of anilines is 1. The van der Waals surface area contributed by atoms with Crippen LogP contribution in [0.25, 0.3) is 11.5 Å². The molecule has 0 radical (unpaired) electrons. The molecule has 0 aliphatic rings. The smallest absolute Gasteiger partial charge is 0.322 e. The van der Waals surface area contributed by atoms with Crippen LogP contribution in [-0.2, 0) is 4.79 Å². The van der Waals surface area contributed by atoms with Crippen molar-refractivity contribution >= 4 is 11.9 Å². The molecular weight excluding hydrogens is 258 g/mol. The lowest BCUT2D eigenvalue weighted by molar-refractivity contribution is -0.123. The third-order valence-electron chi connectivity index (χ3n) is 2.66. The maximum Gasteiger partial charge on any atom is 0.322 e. The maximum absolute atomic E-state index is 11.8. The molecule has 106 valence electrons. The molecule has 0 bridgehead atoms. The van der Waals surface area contributed by atoms with Gasteiger partial charge in [-0.1, -0.05) is 25.9 Å². The predicted octanol–water partition coefficient (Wildman–Crippen LogP) is 2.73. The summed E-state index contributed by atoms with van der Waals surface area (Å²) in [6, 6.07) is 7.30. The Bertz CT molecular complexity index is 597. The average molecular weight is 275 g/mol. The Labute approximate surface area is 117 Å². The molecule has 1 amide bonds. The molecule has 0 spiro atoms. The fraction of sp³-hybridized carbons (Fsp3) is 0.357. The van der Waals surface area contributed by atoms with Gasteiger partial charge in [0.15, 0.2) is 0 Å². The van der Waals surface area contributed by atoms with Crippen LogP contribution in [0.2, 0.25) is 0 Å². The second-order valence-electron chi connectivity index (χ2n) is 5.34. The molecule has 0 saturated heterocycles. The highest BCUT2D eigenvalue weighted by Gasteiger charge is 2.23. The number of hydrogen-bond acceptors (Lipinski definition) is 5. The second kappa shape index (κ2) is 5.32. The minimum Gasteiger partial charge on any atom is -0.497 e. The Kier molecular flexibility index (Phi) is 3.74. The number of carbonyl (C=O) groups is 1. The van der Waals surface area contributed by atoms with Gasteiger partial charge in [0.2, 0.25) is 11.8 Å². The highest BCUT2D eigenvalue weighted by molar-refractivity contribution is 5.92. The molecule has 2 rings (SSSR count). The van der Waals surface area contributed by atoms with Crippen molar-refractivity contribution in [3.63, 3.8) is 0 Å². The van der Waals surface area contributed by atoms with Gasteiger partial charge in [-0.05, 0) is 24.3 Å². The van der Waals surface area contributed by atoms with E-state index in [1.165, 1.54) is 0 Å². The van der Waals surface area contributed by atoms with E-state index in [1.54, 1.807) is 19.2 Å². The van der Waals surface area contributed by atoms with Gasteiger partial charge in [0.05, 0.1) is 7.11 Å². The molecule has 0 aliphatic heterocycles. The lowest BCUT2D eigenvalue weighted by Crippen LogP contribution is -2.27. The predicted molar refractivity (Wildman–Crippen MR) is 74.4 cm³/mol. The molecule has 6 nitrogen and oxygen atoms in total. The first-order chi connectivity index (χ1) is 9.40. The molecule has 0 saturated carbocycles. The number of carbonyl (C=O) groups excluding carboxylic acids is 1. The van der Waals surface area contributed by atoms with Crippen LogP contribution in [0.3, 0.4) is 0 Å². The van der Waals surface area contributed by atoms with Crippen molar-refractivity contribution < 1.29 is 13.9 Å². The van der Waals surface area contributed by atoms with Gasteiger partial charge in [0.1, 0.15) is 5.75 Å². The first kappa shape index (κ1) is 14.0. The van der Waals surface area contributed by atoms with Crippen molar-refractivity contribution in [1.29, 1.82) is 0 Å². The van der Waals surface area contributed by atoms with Crippen LogP contribution in [0.15, 0.2) is 28.7 Å². The topological polar surface area (TPSA) is 77.3 Å². The van der Waals surface area contributed by atoms with Crippen LogP contribution in [0.5, 0.6) is 5.75 Å². The van der Waals surface area contributed by atoms with Gasteiger partial charge in [0.25, 0.3) is 0 Å². The fourth-order valence-corrected chi connectivity index (χ4v) is 1.41. The molecule has 0 aliphatic carbocycles. The number of methoxy groups -OCH3 is 1. The van der Waals surface area contributed by atoms with Crippen LogP contribution in [0.4, 0.5) is 6.01 Å². The van der Waals surface area contributed by atoms with Crippen molar-refractivity contribution in [3.8, 4) is 17.2 Å². The molecule has 1 heterocycles. The molecule has 1 aromatic heterocycles. The number of hydrogen-bond donors (Lipinski definition) is 1. The minimum absolute atomic E-state index is 0.0933. The molecule has 6 heteroatoms. The summed E-state index contributed by atoms with van der Waals surface area (Å²) < 4.78 is 10.5. The van der Waals surface area contributed by atoms with Crippen molar-refractivity contribution in [1.82, 2.24) is 10.2 Å². The Balaban J connectivity index is 2.14. The number of rotatable bonds is 3. The first-order valence-corrected chi connectivity index (χ1v) is 6.19. The first-order valence-electron chi connectivity index (χ1n) is 6.19. The Morgan fingerprint density at radius 2 is 1.85 bits per heavy atom. The summed E-state index contributed by atoms with van der Waals surface area (Å²) in [4.78, 5) is 11.8. The lowest BCUT2D eigenvalue weighted by Gasteiger charge is -2.15. The van der Waals surface area contributed by atoms with Crippen LogP contribution in [0.1, 0.15) is 20.8 Å². The number of nitrogens with zero attached hydrogens (tertiary/aromatic N) is 2. The van der Waals surface area contributed by atoms with E-state index in [2.05, 4.69) is 15.5 Å². The zero-order chi connectivity index (χ0) is 14.8. The minimum atomic E-state index is -0.519. The zero-order valence-electron chi connectivity index (χ0n) is 11.9. The summed E-state index contributed by atoms with van der Waals surface area (Å²) in [5.74, 6) is 0.911. The molecule has 20 heavy (non-hydrogen) atoms. The van der Waals surface area contributed by atoms with Crippen molar-refractivity contribution in [2.24, 2.45) is 5.41 Å². The molecule has 0 fully saturated rings. The maximum atomic E-state index is 11.8.